The van der Waals surface area contributed by atoms with Gasteiger partial charge in [0.25, 0.3) is 0 Å². The number of nitrogens with two attached hydrogens (primary N) is 1. The Bertz CT molecular complexity index is 130. The van der Waals surface area contributed by atoms with Gasteiger partial charge in [-0.2, -0.15) is 5.26 Å². The summed E-state index contributed by atoms with van der Waals surface area (Å²) in [5.41, 5.74) is 5.44. The standard InChI is InChI=1S/C6H10N2O/c7-3-4-1-5(8)6(9)2-4/h4-6,9H,1-2,8H2/t4-,5-,6-/m1/s1. The third kappa shape index (κ3) is 1.21. The molecule has 1 saturated carbocycles. The smallest absolute Gasteiger partial charge is 0.0704 e. The lowest BCUT2D eigenvalue weighted by Gasteiger charge is -2.04. The highest BCUT2D eigenvalue weighted by Gasteiger charge is 2.29. The second-order valence-electron chi connectivity index (χ2n) is 2.53. The summed E-state index contributed by atoms with van der Waals surface area (Å²) < 4.78 is 0. The molecular formula is C6H10N2O. The Hall–Kier alpha value is -0.590. The van der Waals surface area contributed by atoms with Crippen LogP contribution in [0.2, 0.25) is 0 Å². The van der Waals surface area contributed by atoms with E-state index in [-0.39, 0.29) is 12.0 Å². The van der Waals surface area contributed by atoms with Gasteiger partial charge in [-0.3, -0.25) is 0 Å². The molecule has 0 bridgehead atoms. The first kappa shape index (κ1) is 6.53. The van der Waals surface area contributed by atoms with Gasteiger partial charge in [-0.1, -0.05) is 0 Å². The molecule has 0 saturated heterocycles. The van der Waals surface area contributed by atoms with Crippen molar-refractivity contribution in [2.75, 3.05) is 0 Å². The molecule has 3 heteroatoms. The van der Waals surface area contributed by atoms with E-state index in [1.165, 1.54) is 0 Å². The molecule has 0 heterocycles. The zero-order chi connectivity index (χ0) is 6.85. The Morgan fingerprint density at radius 3 is 2.44 bits per heavy atom. The van der Waals surface area contributed by atoms with Gasteiger partial charge in [0.15, 0.2) is 0 Å². The predicted octanol–water partition coefficient (Wildman–Crippen LogP) is -0.392. The van der Waals surface area contributed by atoms with Crippen LogP contribution < -0.4 is 5.73 Å². The molecule has 3 atom stereocenters. The van der Waals surface area contributed by atoms with Crippen molar-refractivity contribution in [1.29, 1.82) is 5.26 Å². The molecule has 1 aliphatic rings. The average molecular weight is 126 g/mol. The number of aliphatic hydroxyl groups is 1. The molecule has 50 valence electrons. The quantitative estimate of drug-likeness (QED) is 0.464. The molecule has 0 aromatic rings. The van der Waals surface area contributed by atoms with Crippen LogP contribution in [-0.4, -0.2) is 17.3 Å². The molecule has 0 spiro atoms. The van der Waals surface area contributed by atoms with Crippen LogP contribution in [0.3, 0.4) is 0 Å². The van der Waals surface area contributed by atoms with Gasteiger partial charge in [-0.15, -0.1) is 0 Å². The van der Waals surface area contributed by atoms with Crippen molar-refractivity contribution in [1.82, 2.24) is 0 Å². The minimum Gasteiger partial charge on any atom is -0.391 e. The Morgan fingerprint density at radius 1 is 1.56 bits per heavy atom. The van der Waals surface area contributed by atoms with Crippen LogP contribution in [0.5, 0.6) is 0 Å². The van der Waals surface area contributed by atoms with Gasteiger partial charge < -0.3 is 10.8 Å². The maximum absolute atomic E-state index is 9.02. The second-order valence-corrected chi connectivity index (χ2v) is 2.53. The van der Waals surface area contributed by atoms with E-state index in [1.807, 2.05) is 0 Å². The third-order valence-electron chi connectivity index (χ3n) is 1.76. The molecule has 0 radical (unpaired) electrons. The summed E-state index contributed by atoms with van der Waals surface area (Å²) in [6.07, 6.45) is 0.754. The second kappa shape index (κ2) is 2.34. The number of nitriles is 1. The SMILES string of the molecule is N#C[C@@H]1C[C@@H](N)[C@H](O)C1. The van der Waals surface area contributed by atoms with Gasteiger partial charge in [0, 0.05) is 6.04 Å². The zero-order valence-corrected chi connectivity index (χ0v) is 5.12. The fraction of sp³-hybridized carbons (Fsp3) is 0.833. The number of hydrogen-bond donors (Lipinski definition) is 2. The largest absolute Gasteiger partial charge is 0.391 e. The number of nitrogens with zero attached hydrogens (tertiary/aromatic N) is 1. The van der Waals surface area contributed by atoms with E-state index in [0.717, 1.165) is 0 Å². The molecular weight excluding hydrogens is 116 g/mol. The van der Waals surface area contributed by atoms with Gasteiger partial charge >= 0.3 is 0 Å². The van der Waals surface area contributed by atoms with Crippen LogP contribution in [-0.2, 0) is 0 Å². The van der Waals surface area contributed by atoms with E-state index in [0.29, 0.717) is 12.8 Å². The Labute approximate surface area is 54.1 Å². The summed E-state index contributed by atoms with van der Waals surface area (Å²) in [5, 5.41) is 17.4. The van der Waals surface area contributed by atoms with E-state index in [1.54, 1.807) is 0 Å². The number of aliphatic hydroxyl groups excluding tert-OH is 1. The molecule has 1 fully saturated rings. The van der Waals surface area contributed by atoms with Crippen LogP contribution in [0.4, 0.5) is 0 Å². The lowest BCUT2D eigenvalue weighted by molar-refractivity contribution is 0.163. The van der Waals surface area contributed by atoms with Crippen molar-refractivity contribution in [2.24, 2.45) is 11.7 Å². The van der Waals surface area contributed by atoms with Crippen LogP contribution in [0.1, 0.15) is 12.8 Å². The van der Waals surface area contributed by atoms with Crippen molar-refractivity contribution in [3.8, 4) is 6.07 Å². The molecule has 0 amide bonds. The lowest BCUT2D eigenvalue weighted by Crippen LogP contribution is -2.28. The first-order chi connectivity index (χ1) is 4.24. The maximum Gasteiger partial charge on any atom is 0.0704 e. The number of hydrogen-bond acceptors (Lipinski definition) is 3. The minimum atomic E-state index is -0.449. The normalized spacial score (nSPS) is 42.6. The van der Waals surface area contributed by atoms with Crippen molar-refractivity contribution < 1.29 is 5.11 Å². The van der Waals surface area contributed by atoms with Crippen molar-refractivity contribution in [2.45, 2.75) is 25.0 Å². The lowest BCUT2D eigenvalue weighted by atomic mass is 10.1. The third-order valence-corrected chi connectivity index (χ3v) is 1.76. The molecule has 0 aromatic heterocycles. The van der Waals surface area contributed by atoms with Gasteiger partial charge in [-0.25, -0.2) is 0 Å². The van der Waals surface area contributed by atoms with E-state index in [4.69, 9.17) is 16.1 Å². The first-order valence-corrected chi connectivity index (χ1v) is 3.07. The highest BCUT2D eigenvalue weighted by atomic mass is 16.3. The van der Waals surface area contributed by atoms with E-state index < -0.39 is 6.10 Å². The Balaban J connectivity index is 2.46. The van der Waals surface area contributed by atoms with Gasteiger partial charge in [0.2, 0.25) is 0 Å². The van der Waals surface area contributed by atoms with Crippen molar-refractivity contribution in [3.05, 3.63) is 0 Å². The Morgan fingerprint density at radius 2 is 2.22 bits per heavy atom. The predicted molar refractivity (Wildman–Crippen MR) is 32.3 cm³/mol. The monoisotopic (exact) mass is 126 g/mol. The van der Waals surface area contributed by atoms with E-state index in [9.17, 15) is 0 Å². The fourth-order valence-electron chi connectivity index (χ4n) is 1.15. The summed E-state index contributed by atoms with van der Waals surface area (Å²) >= 11 is 0. The first-order valence-electron chi connectivity index (χ1n) is 3.07. The van der Waals surface area contributed by atoms with Crippen LogP contribution in [0, 0.1) is 17.2 Å². The topological polar surface area (TPSA) is 70.0 Å². The summed E-state index contributed by atoms with van der Waals surface area (Å²) in [7, 11) is 0. The van der Waals surface area contributed by atoms with Crippen LogP contribution >= 0.6 is 0 Å². The molecule has 1 rings (SSSR count). The summed E-state index contributed by atoms with van der Waals surface area (Å²) in [4.78, 5) is 0. The van der Waals surface area contributed by atoms with Gasteiger partial charge in [0.05, 0.1) is 18.1 Å². The average Bonchev–Trinajstić information content (AvgIpc) is 2.13. The van der Waals surface area contributed by atoms with Crippen LogP contribution in [0.15, 0.2) is 0 Å². The van der Waals surface area contributed by atoms with Gasteiger partial charge in [-0.05, 0) is 12.8 Å². The molecule has 1 aliphatic carbocycles. The molecule has 0 aliphatic heterocycles. The summed E-state index contributed by atoms with van der Waals surface area (Å²) in [5.74, 6) is -0.0185. The molecule has 9 heavy (non-hydrogen) atoms. The van der Waals surface area contributed by atoms with Crippen molar-refractivity contribution in [3.63, 3.8) is 0 Å². The highest BCUT2D eigenvalue weighted by molar-refractivity contribution is 4.96. The maximum atomic E-state index is 9.02. The van der Waals surface area contributed by atoms with E-state index >= 15 is 0 Å². The molecule has 3 nitrogen and oxygen atoms in total. The molecule has 3 N–H and O–H groups in total. The Kier molecular flexibility index (Phi) is 1.70. The fourth-order valence-corrected chi connectivity index (χ4v) is 1.15. The van der Waals surface area contributed by atoms with Crippen LogP contribution in [0.25, 0.3) is 0 Å². The summed E-state index contributed by atoms with van der Waals surface area (Å²) in [6, 6.07) is 1.91. The molecule has 0 aromatic carbocycles. The highest BCUT2D eigenvalue weighted by Crippen LogP contribution is 2.23. The number of rotatable bonds is 0. The summed E-state index contributed by atoms with van der Waals surface area (Å²) in [6.45, 7) is 0. The van der Waals surface area contributed by atoms with Crippen molar-refractivity contribution >= 4 is 0 Å². The minimum absolute atomic E-state index is 0.0185. The molecule has 0 unspecified atom stereocenters. The van der Waals surface area contributed by atoms with E-state index in [2.05, 4.69) is 6.07 Å². The zero-order valence-electron chi connectivity index (χ0n) is 5.12. The van der Waals surface area contributed by atoms with Gasteiger partial charge in [0.1, 0.15) is 0 Å².